The molecule has 5 heteroatoms. The van der Waals surface area contributed by atoms with Crippen molar-refractivity contribution >= 4 is 11.6 Å². The van der Waals surface area contributed by atoms with Gasteiger partial charge in [0.05, 0.1) is 12.6 Å². The van der Waals surface area contributed by atoms with E-state index in [4.69, 9.17) is 5.73 Å². The molecule has 29 heavy (non-hydrogen) atoms. The predicted octanol–water partition coefficient (Wildman–Crippen LogP) is 3.02. The third-order valence-electron chi connectivity index (χ3n) is 6.22. The Balaban J connectivity index is 1.52. The summed E-state index contributed by atoms with van der Waals surface area (Å²) in [4.78, 5) is 17.4. The topological polar surface area (TPSA) is 61.6 Å². The SMILES string of the molecule is CN1CCN(c2ccc(-c3cccc(C(CC4CC4)C(=O)NCN)c3)cc2)CC1. The molecule has 1 saturated carbocycles. The van der Waals surface area contributed by atoms with Crippen molar-refractivity contribution in [1.29, 1.82) is 0 Å². The molecular formula is C24H32N4O. The minimum Gasteiger partial charge on any atom is -0.369 e. The normalized spacial score (nSPS) is 18.5. The third kappa shape index (κ3) is 4.98. The number of benzene rings is 2. The van der Waals surface area contributed by atoms with Gasteiger partial charge in [0.15, 0.2) is 0 Å². The number of nitrogens with two attached hydrogens (primary N) is 1. The van der Waals surface area contributed by atoms with Gasteiger partial charge in [-0.05, 0) is 48.2 Å². The number of nitrogens with zero attached hydrogens (tertiary/aromatic N) is 2. The molecule has 2 fully saturated rings. The molecule has 2 aliphatic rings. The minimum absolute atomic E-state index is 0.0435. The van der Waals surface area contributed by atoms with Crippen LogP contribution in [0.4, 0.5) is 5.69 Å². The first-order chi connectivity index (χ1) is 14.1. The van der Waals surface area contributed by atoms with E-state index in [9.17, 15) is 4.79 Å². The number of hydrogen-bond donors (Lipinski definition) is 2. The summed E-state index contributed by atoms with van der Waals surface area (Å²) >= 11 is 0. The summed E-state index contributed by atoms with van der Waals surface area (Å²) in [6.45, 7) is 4.55. The van der Waals surface area contributed by atoms with Crippen LogP contribution in [-0.4, -0.2) is 50.7 Å². The summed E-state index contributed by atoms with van der Waals surface area (Å²) in [5.74, 6) is 0.604. The fraction of sp³-hybridized carbons (Fsp3) is 0.458. The first kappa shape index (κ1) is 19.9. The van der Waals surface area contributed by atoms with Crippen molar-refractivity contribution in [2.75, 3.05) is 44.8 Å². The Morgan fingerprint density at radius 1 is 1.07 bits per heavy atom. The molecule has 1 aliphatic carbocycles. The van der Waals surface area contributed by atoms with Crippen molar-refractivity contribution in [2.45, 2.75) is 25.2 Å². The molecule has 2 aromatic carbocycles. The van der Waals surface area contributed by atoms with E-state index >= 15 is 0 Å². The van der Waals surface area contributed by atoms with E-state index in [0.717, 1.165) is 43.7 Å². The average molecular weight is 393 g/mol. The van der Waals surface area contributed by atoms with Gasteiger partial charge in [-0.3, -0.25) is 4.79 Å². The lowest BCUT2D eigenvalue weighted by Gasteiger charge is -2.34. The molecule has 1 heterocycles. The van der Waals surface area contributed by atoms with Crippen LogP contribution >= 0.6 is 0 Å². The lowest BCUT2D eigenvalue weighted by atomic mass is 9.90. The molecule has 1 atom stereocenters. The highest BCUT2D eigenvalue weighted by molar-refractivity contribution is 5.84. The largest absolute Gasteiger partial charge is 0.369 e. The third-order valence-corrected chi connectivity index (χ3v) is 6.22. The average Bonchev–Trinajstić information content (AvgIpc) is 3.57. The van der Waals surface area contributed by atoms with Crippen LogP contribution in [0.15, 0.2) is 48.5 Å². The molecule has 0 radical (unpaired) electrons. The Labute approximate surface area is 173 Å². The summed E-state index contributed by atoms with van der Waals surface area (Å²) in [7, 11) is 2.18. The fourth-order valence-electron chi connectivity index (χ4n) is 4.17. The van der Waals surface area contributed by atoms with Crippen LogP contribution in [0.5, 0.6) is 0 Å². The van der Waals surface area contributed by atoms with Crippen molar-refractivity contribution in [1.82, 2.24) is 10.2 Å². The first-order valence-corrected chi connectivity index (χ1v) is 10.8. The second kappa shape index (κ2) is 8.97. The van der Waals surface area contributed by atoms with Crippen LogP contribution in [0.25, 0.3) is 11.1 Å². The zero-order chi connectivity index (χ0) is 20.2. The van der Waals surface area contributed by atoms with Gasteiger partial charge in [0, 0.05) is 31.9 Å². The highest BCUT2D eigenvalue weighted by Crippen LogP contribution is 2.39. The Morgan fingerprint density at radius 2 is 1.79 bits per heavy atom. The fourth-order valence-corrected chi connectivity index (χ4v) is 4.17. The highest BCUT2D eigenvalue weighted by Gasteiger charge is 2.30. The van der Waals surface area contributed by atoms with Gasteiger partial charge in [0.2, 0.25) is 5.91 Å². The molecule has 1 aliphatic heterocycles. The van der Waals surface area contributed by atoms with Crippen LogP contribution in [0, 0.1) is 5.92 Å². The molecule has 154 valence electrons. The molecule has 0 spiro atoms. The lowest BCUT2D eigenvalue weighted by molar-refractivity contribution is -0.122. The van der Waals surface area contributed by atoms with Gasteiger partial charge in [-0.15, -0.1) is 0 Å². The van der Waals surface area contributed by atoms with Crippen molar-refractivity contribution in [2.24, 2.45) is 11.7 Å². The maximum atomic E-state index is 12.6. The summed E-state index contributed by atoms with van der Waals surface area (Å²) in [6, 6.07) is 17.3. The zero-order valence-electron chi connectivity index (χ0n) is 17.3. The monoisotopic (exact) mass is 392 g/mol. The zero-order valence-corrected chi connectivity index (χ0v) is 17.3. The van der Waals surface area contributed by atoms with Gasteiger partial charge < -0.3 is 20.9 Å². The molecule has 0 aromatic heterocycles. The van der Waals surface area contributed by atoms with E-state index in [0.29, 0.717) is 5.92 Å². The quantitative estimate of drug-likeness (QED) is 0.711. The lowest BCUT2D eigenvalue weighted by Crippen LogP contribution is -2.44. The van der Waals surface area contributed by atoms with Crippen molar-refractivity contribution < 1.29 is 4.79 Å². The van der Waals surface area contributed by atoms with Gasteiger partial charge in [0.25, 0.3) is 0 Å². The van der Waals surface area contributed by atoms with Crippen LogP contribution in [0.2, 0.25) is 0 Å². The molecular weight excluding hydrogens is 360 g/mol. The molecule has 1 amide bonds. The Morgan fingerprint density at radius 3 is 2.45 bits per heavy atom. The number of hydrogen-bond acceptors (Lipinski definition) is 4. The van der Waals surface area contributed by atoms with E-state index in [1.54, 1.807) is 0 Å². The minimum atomic E-state index is -0.115. The number of anilines is 1. The number of likely N-dealkylation sites (N-methyl/N-ethyl adjacent to an activating group) is 1. The predicted molar refractivity (Wildman–Crippen MR) is 119 cm³/mol. The number of piperazine rings is 1. The van der Waals surface area contributed by atoms with Gasteiger partial charge in [0.1, 0.15) is 0 Å². The molecule has 1 saturated heterocycles. The molecule has 0 bridgehead atoms. The van der Waals surface area contributed by atoms with E-state index in [1.165, 1.54) is 24.1 Å². The summed E-state index contributed by atoms with van der Waals surface area (Å²) in [6.07, 6.45) is 3.39. The van der Waals surface area contributed by atoms with E-state index in [1.807, 2.05) is 0 Å². The Hall–Kier alpha value is -2.37. The second-order valence-electron chi connectivity index (χ2n) is 8.44. The van der Waals surface area contributed by atoms with Crippen molar-refractivity contribution in [3.05, 3.63) is 54.1 Å². The summed E-state index contributed by atoms with van der Waals surface area (Å²) < 4.78 is 0. The molecule has 2 aromatic rings. The van der Waals surface area contributed by atoms with Crippen LogP contribution in [0.3, 0.4) is 0 Å². The standard InChI is InChI=1S/C24H32N4O/c1-27-11-13-28(14-12-27)22-9-7-19(8-10-22)20-3-2-4-21(16-20)23(15-18-5-6-18)24(29)26-17-25/h2-4,7-10,16,18,23H,5-6,11-15,17,25H2,1H3,(H,26,29). The van der Waals surface area contributed by atoms with Crippen LogP contribution in [-0.2, 0) is 4.79 Å². The maximum Gasteiger partial charge on any atom is 0.228 e. The summed E-state index contributed by atoms with van der Waals surface area (Å²) in [5, 5.41) is 2.81. The number of carbonyl (C=O) groups is 1. The molecule has 4 rings (SSSR count). The smallest absolute Gasteiger partial charge is 0.228 e. The number of carbonyl (C=O) groups excluding carboxylic acids is 1. The van der Waals surface area contributed by atoms with Gasteiger partial charge >= 0.3 is 0 Å². The number of rotatable bonds is 7. The molecule has 1 unspecified atom stereocenters. The number of nitrogens with one attached hydrogen (secondary N) is 1. The van der Waals surface area contributed by atoms with E-state index in [-0.39, 0.29) is 18.5 Å². The number of amides is 1. The maximum absolute atomic E-state index is 12.6. The van der Waals surface area contributed by atoms with Crippen molar-refractivity contribution in [3.63, 3.8) is 0 Å². The second-order valence-corrected chi connectivity index (χ2v) is 8.44. The van der Waals surface area contributed by atoms with Crippen LogP contribution in [0.1, 0.15) is 30.7 Å². The van der Waals surface area contributed by atoms with Crippen LogP contribution < -0.4 is 16.0 Å². The van der Waals surface area contributed by atoms with Crippen molar-refractivity contribution in [3.8, 4) is 11.1 Å². The van der Waals surface area contributed by atoms with Gasteiger partial charge in [-0.2, -0.15) is 0 Å². The molecule has 5 nitrogen and oxygen atoms in total. The molecule has 3 N–H and O–H groups in total. The van der Waals surface area contributed by atoms with Gasteiger partial charge in [-0.1, -0.05) is 49.2 Å². The van der Waals surface area contributed by atoms with E-state index in [2.05, 4.69) is 70.7 Å². The summed E-state index contributed by atoms with van der Waals surface area (Å²) in [5.41, 5.74) is 10.3. The Bertz CT molecular complexity index is 823. The Kier molecular flexibility index (Phi) is 6.16. The first-order valence-electron chi connectivity index (χ1n) is 10.8. The van der Waals surface area contributed by atoms with E-state index < -0.39 is 0 Å². The highest BCUT2D eigenvalue weighted by atomic mass is 16.1. The van der Waals surface area contributed by atoms with Gasteiger partial charge in [-0.25, -0.2) is 0 Å².